The summed E-state index contributed by atoms with van der Waals surface area (Å²) in [7, 11) is 0. The van der Waals surface area contributed by atoms with E-state index in [9.17, 15) is 14.0 Å². The van der Waals surface area contributed by atoms with Crippen LogP contribution in [0.3, 0.4) is 0 Å². The van der Waals surface area contributed by atoms with Gasteiger partial charge in [-0.1, -0.05) is 12.1 Å². The summed E-state index contributed by atoms with van der Waals surface area (Å²) >= 11 is 0. The highest BCUT2D eigenvalue weighted by Crippen LogP contribution is 2.30. The first kappa shape index (κ1) is 13.6. The number of carbonyl (C=O) groups is 2. The third-order valence-electron chi connectivity index (χ3n) is 3.91. The standard InChI is InChI=1S/C15H14FNO4/c1-8-9-4-2-5-10(16)13(9)21-12(8)14(18)17-7-3-6-11(17)15(19)20/h2,4-5,11H,3,6-7H2,1H3,(H,19,20)/t11-/m0/s1. The molecular weight excluding hydrogens is 277 g/mol. The molecule has 1 atom stereocenters. The minimum atomic E-state index is -1.03. The van der Waals surface area contributed by atoms with Gasteiger partial charge in [0, 0.05) is 17.5 Å². The van der Waals surface area contributed by atoms with Crippen LogP contribution in [0.15, 0.2) is 22.6 Å². The summed E-state index contributed by atoms with van der Waals surface area (Å²) < 4.78 is 19.1. The maximum atomic E-state index is 13.7. The Morgan fingerprint density at radius 1 is 1.43 bits per heavy atom. The number of nitrogens with zero attached hydrogens (tertiary/aromatic N) is 1. The molecule has 1 saturated heterocycles. The number of benzene rings is 1. The average molecular weight is 291 g/mol. The predicted molar refractivity (Wildman–Crippen MR) is 72.6 cm³/mol. The zero-order valence-electron chi connectivity index (χ0n) is 11.4. The Hall–Kier alpha value is -2.37. The van der Waals surface area contributed by atoms with E-state index in [4.69, 9.17) is 9.52 Å². The van der Waals surface area contributed by atoms with Crippen molar-refractivity contribution >= 4 is 22.8 Å². The Bertz CT molecular complexity index is 737. The average Bonchev–Trinajstić information content (AvgIpc) is 3.05. The Kier molecular flexibility index (Phi) is 3.16. The molecule has 1 aliphatic heterocycles. The number of furan rings is 1. The quantitative estimate of drug-likeness (QED) is 0.923. The van der Waals surface area contributed by atoms with E-state index in [1.54, 1.807) is 19.1 Å². The number of carboxylic acids is 1. The van der Waals surface area contributed by atoms with Crippen LogP contribution in [-0.4, -0.2) is 34.5 Å². The number of rotatable bonds is 2. The van der Waals surface area contributed by atoms with E-state index in [1.807, 2.05) is 0 Å². The van der Waals surface area contributed by atoms with Gasteiger partial charge < -0.3 is 14.4 Å². The number of hydrogen-bond donors (Lipinski definition) is 1. The van der Waals surface area contributed by atoms with Crippen molar-refractivity contribution in [1.29, 1.82) is 0 Å². The third-order valence-corrected chi connectivity index (χ3v) is 3.91. The van der Waals surface area contributed by atoms with Crippen LogP contribution in [0.4, 0.5) is 4.39 Å². The molecule has 0 aliphatic carbocycles. The first-order valence-corrected chi connectivity index (χ1v) is 6.72. The normalized spacial score (nSPS) is 18.4. The second-order valence-corrected chi connectivity index (χ2v) is 5.17. The number of hydrogen-bond acceptors (Lipinski definition) is 3. The molecule has 0 radical (unpaired) electrons. The van der Waals surface area contributed by atoms with Crippen LogP contribution >= 0.6 is 0 Å². The zero-order valence-corrected chi connectivity index (χ0v) is 11.4. The fraction of sp³-hybridized carbons (Fsp3) is 0.333. The van der Waals surface area contributed by atoms with Crippen molar-refractivity contribution in [2.45, 2.75) is 25.8 Å². The molecule has 0 unspecified atom stereocenters. The van der Waals surface area contributed by atoms with E-state index in [1.165, 1.54) is 11.0 Å². The van der Waals surface area contributed by atoms with Gasteiger partial charge in [0.25, 0.3) is 5.91 Å². The number of likely N-dealkylation sites (tertiary alicyclic amines) is 1. The summed E-state index contributed by atoms with van der Waals surface area (Å²) in [6.45, 7) is 2.04. The monoisotopic (exact) mass is 291 g/mol. The SMILES string of the molecule is Cc1c(C(=O)N2CCC[C@H]2C(=O)O)oc2c(F)cccc12. The van der Waals surface area contributed by atoms with Crippen molar-refractivity contribution in [1.82, 2.24) is 4.90 Å². The molecule has 2 aromatic rings. The summed E-state index contributed by atoms with van der Waals surface area (Å²) in [5.74, 6) is -2.04. The van der Waals surface area contributed by atoms with Gasteiger partial charge in [0.1, 0.15) is 6.04 Å². The molecule has 1 aromatic heterocycles. The number of para-hydroxylation sites is 1. The fourth-order valence-corrected chi connectivity index (χ4v) is 2.81. The predicted octanol–water partition coefficient (Wildman–Crippen LogP) is 2.57. The first-order chi connectivity index (χ1) is 10.0. The highest BCUT2D eigenvalue weighted by molar-refractivity contribution is 6.00. The van der Waals surface area contributed by atoms with Crippen LogP contribution < -0.4 is 0 Å². The van der Waals surface area contributed by atoms with Crippen LogP contribution in [-0.2, 0) is 4.79 Å². The van der Waals surface area contributed by atoms with E-state index in [-0.39, 0.29) is 11.3 Å². The largest absolute Gasteiger partial charge is 0.480 e. The molecule has 1 fully saturated rings. The molecule has 1 amide bonds. The molecule has 0 bridgehead atoms. The molecule has 0 saturated carbocycles. The fourth-order valence-electron chi connectivity index (χ4n) is 2.81. The van der Waals surface area contributed by atoms with Gasteiger partial charge in [-0.15, -0.1) is 0 Å². The number of carbonyl (C=O) groups excluding carboxylic acids is 1. The van der Waals surface area contributed by atoms with Gasteiger partial charge in [0.05, 0.1) is 0 Å². The van der Waals surface area contributed by atoms with E-state index in [2.05, 4.69) is 0 Å². The topological polar surface area (TPSA) is 70.8 Å². The van der Waals surface area contributed by atoms with Crippen molar-refractivity contribution in [2.75, 3.05) is 6.54 Å². The molecular formula is C15H14FNO4. The Morgan fingerprint density at radius 3 is 2.86 bits per heavy atom. The molecule has 21 heavy (non-hydrogen) atoms. The van der Waals surface area contributed by atoms with E-state index in [0.29, 0.717) is 30.3 Å². The zero-order chi connectivity index (χ0) is 15.1. The molecule has 1 aliphatic rings. The van der Waals surface area contributed by atoms with E-state index >= 15 is 0 Å². The summed E-state index contributed by atoms with van der Waals surface area (Å²) in [5, 5.41) is 9.68. The van der Waals surface area contributed by atoms with Crippen LogP contribution in [0.2, 0.25) is 0 Å². The first-order valence-electron chi connectivity index (χ1n) is 6.72. The minimum absolute atomic E-state index is 0.0169. The lowest BCUT2D eigenvalue weighted by atomic mass is 10.1. The number of carboxylic acid groups (broad SMARTS) is 1. The number of amides is 1. The number of aliphatic carboxylic acids is 1. The lowest BCUT2D eigenvalue weighted by Crippen LogP contribution is -2.40. The number of fused-ring (bicyclic) bond motifs is 1. The van der Waals surface area contributed by atoms with Crippen LogP contribution in [0.1, 0.15) is 29.0 Å². The van der Waals surface area contributed by atoms with Crippen LogP contribution in [0.5, 0.6) is 0 Å². The van der Waals surface area contributed by atoms with Crippen molar-refractivity contribution in [3.63, 3.8) is 0 Å². The lowest BCUT2D eigenvalue weighted by Gasteiger charge is -2.20. The summed E-state index contributed by atoms with van der Waals surface area (Å²) in [4.78, 5) is 25.0. The highest BCUT2D eigenvalue weighted by atomic mass is 19.1. The van der Waals surface area contributed by atoms with Crippen molar-refractivity contribution in [3.8, 4) is 0 Å². The summed E-state index contributed by atoms with van der Waals surface area (Å²) in [6.07, 6.45) is 1.06. The molecule has 3 rings (SSSR count). The Morgan fingerprint density at radius 2 is 2.19 bits per heavy atom. The Balaban J connectivity index is 2.04. The highest BCUT2D eigenvalue weighted by Gasteiger charge is 2.36. The van der Waals surface area contributed by atoms with Crippen molar-refractivity contribution < 1.29 is 23.5 Å². The molecule has 6 heteroatoms. The smallest absolute Gasteiger partial charge is 0.326 e. The van der Waals surface area contributed by atoms with Crippen LogP contribution in [0.25, 0.3) is 11.0 Å². The molecule has 5 nitrogen and oxygen atoms in total. The van der Waals surface area contributed by atoms with E-state index in [0.717, 1.165) is 0 Å². The number of halogens is 1. The maximum Gasteiger partial charge on any atom is 0.326 e. The minimum Gasteiger partial charge on any atom is -0.480 e. The van der Waals surface area contributed by atoms with Gasteiger partial charge in [-0.2, -0.15) is 0 Å². The Labute approximate surface area is 119 Å². The van der Waals surface area contributed by atoms with Gasteiger partial charge >= 0.3 is 5.97 Å². The second kappa shape index (κ2) is 4.87. The summed E-state index contributed by atoms with van der Waals surface area (Å²) in [6, 6.07) is 3.64. The van der Waals surface area contributed by atoms with Gasteiger partial charge in [0.2, 0.25) is 0 Å². The molecule has 110 valence electrons. The van der Waals surface area contributed by atoms with Gasteiger partial charge in [0.15, 0.2) is 17.2 Å². The molecule has 2 heterocycles. The molecule has 1 aromatic carbocycles. The van der Waals surface area contributed by atoms with Gasteiger partial charge in [-0.05, 0) is 25.8 Å². The van der Waals surface area contributed by atoms with Crippen molar-refractivity contribution in [3.05, 3.63) is 35.3 Å². The molecule has 1 N–H and O–H groups in total. The van der Waals surface area contributed by atoms with Gasteiger partial charge in [-0.3, -0.25) is 4.79 Å². The van der Waals surface area contributed by atoms with E-state index < -0.39 is 23.7 Å². The van der Waals surface area contributed by atoms with Gasteiger partial charge in [-0.25, -0.2) is 9.18 Å². The lowest BCUT2D eigenvalue weighted by molar-refractivity contribution is -0.141. The summed E-state index contributed by atoms with van der Waals surface area (Å²) in [5.41, 5.74) is 0.565. The third kappa shape index (κ3) is 2.07. The molecule has 0 spiro atoms. The maximum absolute atomic E-state index is 13.7. The van der Waals surface area contributed by atoms with Crippen LogP contribution in [0, 0.1) is 12.7 Å². The number of aryl methyl sites for hydroxylation is 1. The second-order valence-electron chi connectivity index (χ2n) is 5.17. The van der Waals surface area contributed by atoms with Crippen molar-refractivity contribution in [2.24, 2.45) is 0 Å².